The van der Waals surface area contributed by atoms with Gasteiger partial charge in [0.25, 0.3) is 5.91 Å². The molecular weight excluding hydrogens is 398 g/mol. The van der Waals surface area contributed by atoms with Gasteiger partial charge in [0, 0.05) is 44.1 Å². The van der Waals surface area contributed by atoms with Crippen LogP contribution in [-0.2, 0) is 4.79 Å². The molecule has 0 aliphatic carbocycles. The average molecular weight is 426 g/mol. The maximum Gasteiger partial charge on any atom is 0.251 e. The predicted molar refractivity (Wildman–Crippen MR) is 119 cm³/mol. The van der Waals surface area contributed by atoms with Crippen LogP contribution < -0.4 is 5.32 Å². The van der Waals surface area contributed by atoms with Crippen molar-refractivity contribution in [1.29, 1.82) is 0 Å². The Labute approximate surface area is 180 Å². The quantitative estimate of drug-likeness (QED) is 0.682. The lowest BCUT2D eigenvalue weighted by atomic mass is 10.0. The molecule has 8 heteroatoms. The first kappa shape index (κ1) is 20.6. The minimum absolute atomic E-state index is 0.000197. The predicted octanol–water partition coefficient (Wildman–Crippen LogP) is 2.62. The van der Waals surface area contributed by atoms with Gasteiger partial charge in [-0.25, -0.2) is 4.98 Å². The molecule has 2 aromatic heterocycles. The highest BCUT2D eigenvalue weighted by molar-refractivity contribution is 7.20. The summed E-state index contributed by atoms with van der Waals surface area (Å²) >= 11 is 1.53. The molecule has 3 heterocycles. The van der Waals surface area contributed by atoms with Crippen molar-refractivity contribution in [2.24, 2.45) is 5.92 Å². The highest BCUT2D eigenvalue weighted by atomic mass is 32.1. The molecule has 1 aliphatic heterocycles. The van der Waals surface area contributed by atoms with Gasteiger partial charge in [-0.1, -0.05) is 25.2 Å². The van der Waals surface area contributed by atoms with E-state index in [1.807, 2.05) is 60.0 Å². The summed E-state index contributed by atoms with van der Waals surface area (Å²) in [5.74, 6) is -0.220. The van der Waals surface area contributed by atoms with Gasteiger partial charge in [-0.15, -0.1) is 0 Å². The summed E-state index contributed by atoms with van der Waals surface area (Å²) in [5.41, 5.74) is 1.40. The molecule has 1 aromatic carbocycles. The van der Waals surface area contributed by atoms with Crippen LogP contribution in [0, 0.1) is 5.92 Å². The lowest BCUT2D eigenvalue weighted by Gasteiger charge is -2.35. The summed E-state index contributed by atoms with van der Waals surface area (Å²) in [7, 11) is 2.06. The third kappa shape index (κ3) is 4.24. The summed E-state index contributed by atoms with van der Waals surface area (Å²) in [6, 6.07) is 8.86. The number of aromatic nitrogens is 2. The normalized spacial score (nSPS) is 16.2. The Morgan fingerprint density at radius 2 is 1.80 bits per heavy atom. The van der Waals surface area contributed by atoms with Crippen molar-refractivity contribution >= 4 is 33.4 Å². The number of nitrogens with zero attached hydrogens (tertiary/aromatic N) is 4. The molecule has 0 radical (unpaired) electrons. The van der Waals surface area contributed by atoms with Crippen molar-refractivity contribution in [1.82, 2.24) is 24.7 Å². The van der Waals surface area contributed by atoms with Gasteiger partial charge in [0.1, 0.15) is 6.04 Å². The molecule has 1 saturated heterocycles. The van der Waals surface area contributed by atoms with E-state index in [1.165, 1.54) is 11.3 Å². The summed E-state index contributed by atoms with van der Waals surface area (Å²) in [6.45, 7) is 7.04. The summed E-state index contributed by atoms with van der Waals surface area (Å²) in [6.07, 6.45) is 3.89. The molecule has 0 spiro atoms. The summed E-state index contributed by atoms with van der Waals surface area (Å²) < 4.78 is 2.89. The number of hydrogen-bond acceptors (Lipinski definition) is 5. The van der Waals surface area contributed by atoms with E-state index < -0.39 is 6.04 Å². The van der Waals surface area contributed by atoms with Crippen molar-refractivity contribution in [2.45, 2.75) is 19.9 Å². The molecule has 0 unspecified atom stereocenters. The smallest absolute Gasteiger partial charge is 0.251 e. The van der Waals surface area contributed by atoms with Crippen LogP contribution in [0.3, 0.4) is 0 Å². The van der Waals surface area contributed by atoms with Gasteiger partial charge in [0.05, 0.1) is 10.2 Å². The van der Waals surface area contributed by atoms with Gasteiger partial charge in [-0.2, -0.15) is 0 Å². The second kappa shape index (κ2) is 8.57. The van der Waals surface area contributed by atoms with Gasteiger partial charge >= 0.3 is 0 Å². The fraction of sp³-hybridized carbons (Fsp3) is 0.409. The van der Waals surface area contributed by atoms with Crippen molar-refractivity contribution in [2.75, 3.05) is 33.2 Å². The number of amides is 2. The number of piperazine rings is 1. The zero-order valence-corrected chi connectivity index (χ0v) is 18.4. The van der Waals surface area contributed by atoms with E-state index in [0.29, 0.717) is 18.7 Å². The number of fused-ring (bicyclic) bond motifs is 1. The monoisotopic (exact) mass is 425 g/mol. The van der Waals surface area contributed by atoms with Crippen LogP contribution in [0.15, 0.2) is 42.7 Å². The number of hydrogen-bond donors (Lipinski definition) is 1. The van der Waals surface area contributed by atoms with Crippen LogP contribution >= 0.6 is 11.3 Å². The minimum Gasteiger partial charge on any atom is -0.340 e. The lowest BCUT2D eigenvalue weighted by Crippen LogP contribution is -2.55. The molecule has 4 rings (SSSR count). The molecular formula is C22H27N5O2S. The van der Waals surface area contributed by atoms with Crippen LogP contribution in [0.25, 0.3) is 15.3 Å². The minimum atomic E-state index is -0.534. The van der Waals surface area contributed by atoms with E-state index in [2.05, 4.69) is 22.2 Å². The third-order valence-corrected chi connectivity index (χ3v) is 6.53. The van der Waals surface area contributed by atoms with E-state index in [-0.39, 0.29) is 17.7 Å². The summed E-state index contributed by atoms with van der Waals surface area (Å²) in [5, 5.41) is 3.83. The Morgan fingerprint density at radius 1 is 1.10 bits per heavy atom. The van der Waals surface area contributed by atoms with Gasteiger partial charge < -0.3 is 19.7 Å². The summed E-state index contributed by atoms with van der Waals surface area (Å²) in [4.78, 5) is 34.7. The topological polar surface area (TPSA) is 70.5 Å². The average Bonchev–Trinajstić information content (AvgIpc) is 3.40. The first-order valence-corrected chi connectivity index (χ1v) is 11.1. The van der Waals surface area contributed by atoms with E-state index in [4.69, 9.17) is 0 Å². The zero-order chi connectivity index (χ0) is 21.3. The number of nitrogens with one attached hydrogen (secondary N) is 1. The van der Waals surface area contributed by atoms with Crippen LogP contribution in [0.1, 0.15) is 24.2 Å². The second-order valence-electron chi connectivity index (χ2n) is 8.09. The Bertz CT molecular complexity index is 1040. The molecule has 0 saturated carbocycles. The fourth-order valence-electron chi connectivity index (χ4n) is 3.59. The maximum absolute atomic E-state index is 13.0. The number of benzene rings is 1. The van der Waals surface area contributed by atoms with Crippen LogP contribution in [0.2, 0.25) is 0 Å². The second-order valence-corrected chi connectivity index (χ2v) is 9.10. The van der Waals surface area contributed by atoms with E-state index in [9.17, 15) is 9.59 Å². The van der Waals surface area contributed by atoms with Crippen molar-refractivity contribution in [3.8, 4) is 5.13 Å². The first-order valence-electron chi connectivity index (χ1n) is 10.2. The number of thiazole rings is 1. The molecule has 1 fully saturated rings. The van der Waals surface area contributed by atoms with Crippen LogP contribution in [0.4, 0.5) is 0 Å². The Kier molecular flexibility index (Phi) is 5.87. The standard InChI is InChI=1S/C22H27N5O2S/c1-15(2)19(21(29)26-12-10-25(3)11-13-26)24-20(28)16-6-7-17-18(14-16)30-22(23-17)27-8-4-5-9-27/h4-9,14-15,19H,10-13H2,1-3H3,(H,24,28)/t19-/m0/s1. The highest BCUT2D eigenvalue weighted by Gasteiger charge is 2.30. The first-order chi connectivity index (χ1) is 14.4. The van der Waals surface area contributed by atoms with E-state index in [0.717, 1.165) is 28.4 Å². The zero-order valence-electron chi connectivity index (χ0n) is 17.5. The SMILES string of the molecule is CC(C)[C@H](NC(=O)c1ccc2nc(-n3cccc3)sc2c1)C(=O)N1CCN(C)CC1. The number of carbonyl (C=O) groups is 2. The lowest BCUT2D eigenvalue weighted by molar-refractivity contribution is -0.135. The van der Waals surface area contributed by atoms with Crippen LogP contribution in [0.5, 0.6) is 0 Å². The molecule has 30 heavy (non-hydrogen) atoms. The van der Waals surface area contributed by atoms with E-state index >= 15 is 0 Å². The van der Waals surface area contributed by atoms with Crippen molar-refractivity contribution < 1.29 is 9.59 Å². The van der Waals surface area contributed by atoms with Crippen molar-refractivity contribution in [3.63, 3.8) is 0 Å². The molecule has 1 aliphatic rings. The number of likely N-dealkylation sites (N-methyl/N-ethyl adjacent to an activating group) is 1. The van der Waals surface area contributed by atoms with Gasteiger partial charge in [-0.3, -0.25) is 9.59 Å². The highest BCUT2D eigenvalue weighted by Crippen LogP contribution is 2.26. The Balaban J connectivity index is 1.50. The number of rotatable bonds is 5. The van der Waals surface area contributed by atoms with Crippen molar-refractivity contribution in [3.05, 3.63) is 48.3 Å². The molecule has 1 atom stereocenters. The molecule has 158 valence electrons. The maximum atomic E-state index is 13.0. The molecule has 0 bridgehead atoms. The molecule has 7 nitrogen and oxygen atoms in total. The third-order valence-electron chi connectivity index (χ3n) is 5.50. The molecule has 3 aromatic rings. The fourth-order valence-corrected chi connectivity index (χ4v) is 4.56. The van der Waals surface area contributed by atoms with Gasteiger partial charge in [0.15, 0.2) is 5.13 Å². The number of carbonyl (C=O) groups excluding carboxylic acids is 2. The Morgan fingerprint density at radius 3 is 2.47 bits per heavy atom. The Hall–Kier alpha value is -2.71. The van der Waals surface area contributed by atoms with Crippen LogP contribution in [-0.4, -0.2) is 70.4 Å². The van der Waals surface area contributed by atoms with Gasteiger partial charge in [-0.05, 0) is 43.3 Å². The van der Waals surface area contributed by atoms with E-state index in [1.54, 1.807) is 6.07 Å². The largest absolute Gasteiger partial charge is 0.340 e. The molecule has 2 amide bonds. The van der Waals surface area contributed by atoms with Gasteiger partial charge in [0.2, 0.25) is 5.91 Å². The molecule has 1 N–H and O–H groups in total.